The Morgan fingerprint density at radius 2 is 2.25 bits per heavy atom. The van der Waals surface area contributed by atoms with Gasteiger partial charge in [0.25, 0.3) is 5.91 Å². The third-order valence-electron chi connectivity index (χ3n) is 3.11. The third kappa shape index (κ3) is 3.68. The maximum Gasteiger partial charge on any atom is 0.273 e. The Morgan fingerprint density at radius 1 is 1.45 bits per heavy atom. The normalized spacial score (nSPS) is 10.9. The average Bonchev–Trinajstić information content (AvgIpc) is 3.13. The lowest BCUT2D eigenvalue weighted by atomic mass is 10.3. The molecule has 0 aliphatic rings. The summed E-state index contributed by atoms with van der Waals surface area (Å²) in [6, 6.07) is 5.55. The van der Waals surface area contributed by atoms with Crippen molar-refractivity contribution in [3.63, 3.8) is 0 Å². The van der Waals surface area contributed by atoms with Gasteiger partial charge >= 0.3 is 0 Å². The molecule has 2 heterocycles. The Labute approximate surface area is 122 Å². The summed E-state index contributed by atoms with van der Waals surface area (Å²) >= 11 is 1.56. The molecular weight excluding hydrogens is 274 g/mol. The zero-order valence-electron chi connectivity index (χ0n) is 11.8. The Morgan fingerprint density at radius 3 is 2.90 bits per heavy atom. The van der Waals surface area contributed by atoms with Gasteiger partial charge in [-0.3, -0.25) is 4.79 Å². The second kappa shape index (κ2) is 7.21. The molecule has 0 aromatic carbocycles. The predicted octanol–water partition coefficient (Wildman–Crippen LogP) is 2.47. The highest BCUT2D eigenvalue weighted by atomic mass is 32.1. The van der Waals surface area contributed by atoms with E-state index in [1.807, 2.05) is 17.5 Å². The standard InChI is InChI=1S/C14H19N3O2S/c1-3-17(4-2)8-7-15-14(18)11-10-12(19-16-11)13-6-5-9-20-13/h5-6,9-10H,3-4,7-8H2,1-2H3,(H,15,18). The summed E-state index contributed by atoms with van der Waals surface area (Å²) in [5.41, 5.74) is 0.327. The number of likely N-dealkylation sites (N-methyl/N-ethyl adjacent to an activating group) is 1. The SMILES string of the molecule is CCN(CC)CCNC(=O)c1cc(-c2cccs2)on1. The molecule has 0 saturated carbocycles. The summed E-state index contributed by atoms with van der Waals surface area (Å²) in [6.45, 7) is 7.64. The Bertz CT molecular complexity index is 532. The van der Waals surface area contributed by atoms with Crippen LogP contribution in [-0.4, -0.2) is 42.1 Å². The lowest BCUT2D eigenvalue weighted by Gasteiger charge is -2.17. The quantitative estimate of drug-likeness (QED) is 0.852. The molecule has 0 aliphatic carbocycles. The topological polar surface area (TPSA) is 58.4 Å². The molecular formula is C14H19N3O2S. The fourth-order valence-electron chi connectivity index (χ4n) is 1.88. The first kappa shape index (κ1) is 14.7. The van der Waals surface area contributed by atoms with Crippen molar-refractivity contribution in [2.24, 2.45) is 0 Å². The van der Waals surface area contributed by atoms with Crippen molar-refractivity contribution in [3.8, 4) is 10.6 Å². The highest BCUT2D eigenvalue weighted by molar-refractivity contribution is 7.13. The number of hydrogen-bond acceptors (Lipinski definition) is 5. The minimum atomic E-state index is -0.191. The number of aromatic nitrogens is 1. The molecule has 0 fully saturated rings. The van der Waals surface area contributed by atoms with E-state index in [1.54, 1.807) is 17.4 Å². The summed E-state index contributed by atoms with van der Waals surface area (Å²) in [5.74, 6) is 0.442. The zero-order chi connectivity index (χ0) is 14.4. The summed E-state index contributed by atoms with van der Waals surface area (Å²) in [6.07, 6.45) is 0. The molecule has 0 saturated heterocycles. The molecule has 5 nitrogen and oxygen atoms in total. The first-order chi connectivity index (χ1) is 9.74. The van der Waals surface area contributed by atoms with Gasteiger partial charge in [0, 0.05) is 19.2 Å². The predicted molar refractivity (Wildman–Crippen MR) is 79.9 cm³/mol. The summed E-state index contributed by atoms with van der Waals surface area (Å²) in [5, 5.41) is 8.63. The lowest BCUT2D eigenvalue weighted by Crippen LogP contribution is -2.34. The molecule has 2 aromatic rings. The molecule has 0 bridgehead atoms. The van der Waals surface area contributed by atoms with Crippen LogP contribution in [0.2, 0.25) is 0 Å². The van der Waals surface area contributed by atoms with E-state index in [-0.39, 0.29) is 5.91 Å². The Kier molecular flexibility index (Phi) is 5.31. The van der Waals surface area contributed by atoms with Gasteiger partial charge in [-0.15, -0.1) is 11.3 Å². The van der Waals surface area contributed by atoms with Crippen LogP contribution in [0.15, 0.2) is 28.1 Å². The maximum atomic E-state index is 11.9. The van der Waals surface area contributed by atoms with Gasteiger partial charge in [0.2, 0.25) is 0 Å². The van der Waals surface area contributed by atoms with Gasteiger partial charge < -0.3 is 14.7 Å². The number of rotatable bonds is 7. The molecule has 0 spiro atoms. The van der Waals surface area contributed by atoms with E-state index in [9.17, 15) is 4.79 Å². The molecule has 2 aromatic heterocycles. The summed E-state index contributed by atoms with van der Waals surface area (Å²) in [4.78, 5) is 15.2. The fraction of sp³-hybridized carbons (Fsp3) is 0.429. The van der Waals surface area contributed by atoms with Crippen molar-refractivity contribution in [1.29, 1.82) is 0 Å². The van der Waals surface area contributed by atoms with Crippen LogP contribution >= 0.6 is 11.3 Å². The van der Waals surface area contributed by atoms with Gasteiger partial charge in [-0.2, -0.15) is 0 Å². The van der Waals surface area contributed by atoms with E-state index in [2.05, 4.69) is 29.2 Å². The van der Waals surface area contributed by atoms with Crippen molar-refractivity contribution >= 4 is 17.2 Å². The molecule has 1 N–H and O–H groups in total. The van der Waals surface area contributed by atoms with Crippen LogP contribution in [0.3, 0.4) is 0 Å². The number of nitrogens with zero attached hydrogens (tertiary/aromatic N) is 2. The van der Waals surface area contributed by atoms with Crippen LogP contribution in [0.4, 0.5) is 0 Å². The summed E-state index contributed by atoms with van der Waals surface area (Å²) < 4.78 is 5.19. The second-order valence-corrected chi connectivity index (χ2v) is 5.28. The van der Waals surface area contributed by atoms with Crippen LogP contribution in [0.1, 0.15) is 24.3 Å². The van der Waals surface area contributed by atoms with Gasteiger partial charge in [-0.25, -0.2) is 0 Å². The molecule has 2 rings (SSSR count). The van der Waals surface area contributed by atoms with Crippen LogP contribution in [0.5, 0.6) is 0 Å². The molecule has 1 amide bonds. The van der Waals surface area contributed by atoms with Crippen molar-refractivity contribution in [1.82, 2.24) is 15.4 Å². The van der Waals surface area contributed by atoms with Gasteiger partial charge in [0.05, 0.1) is 4.88 Å². The van der Waals surface area contributed by atoms with Gasteiger partial charge in [-0.1, -0.05) is 25.1 Å². The molecule has 0 radical (unpaired) electrons. The number of thiophene rings is 1. The number of hydrogen-bond donors (Lipinski definition) is 1. The monoisotopic (exact) mass is 293 g/mol. The molecule has 108 valence electrons. The van der Waals surface area contributed by atoms with Crippen molar-refractivity contribution in [2.45, 2.75) is 13.8 Å². The largest absolute Gasteiger partial charge is 0.355 e. The van der Waals surface area contributed by atoms with E-state index in [0.717, 1.165) is 24.5 Å². The number of nitrogens with one attached hydrogen (secondary N) is 1. The van der Waals surface area contributed by atoms with E-state index in [4.69, 9.17) is 4.52 Å². The van der Waals surface area contributed by atoms with Crippen molar-refractivity contribution in [2.75, 3.05) is 26.2 Å². The van der Waals surface area contributed by atoms with Gasteiger partial charge in [0.15, 0.2) is 11.5 Å². The first-order valence-corrected chi connectivity index (χ1v) is 7.63. The van der Waals surface area contributed by atoms with Gasteiger partial charge in [-0.05, 0) is 24.5 Å². The van der Waals surface area contributed by atoms with E-state index < -0.39 is 0 Å². The van der Waals surface area contributed by atoms with Crippen molar-refractivity contribution in [3.05, 3.63) is 29.3 Å². The van der Waals surface area contributed by atoms with Crippen LogP contribution in [-0.2, 0) is 0 Å². The van der Waals surface area contributed by atoms with E-state index in [0.29, 0.717) is 18.0 Å². The Hall–Kier alpha value is -1.66. The molecule has 0 unspecified atom stereocenters. The van der Waals surface area contributed by atoms with Crippen LogP contribution in [0, 0.1) is 0 Å². The zero-order valence-corrected chi connectivity index (χ0v) is 12.6. The maximum absolute atomic E-state index is 11.9. The molecule has 0 atom stereocenters. The lowest BCUT2D eigenvalue weighted by molar-refractivity contribution is 0.0940. The Balaban J connectivity index is 1.87. The second-order valence-electron chi connectivity index (χ2n) is 4.34. The molecule has 20 heavy (non-hydrogen) atoms. The van der Waals surface area contributed by atoms with E-state index >= 15 is 0 Å². The molecule has 0 aliphatic heterocycles. The van der Waals surface area contributed by atoms with Crippen LogP contribution < -0.4 is 5.32 Å². The smallest absolute Gasteiger partial charge is 0.273 e. The highest BCUT2D eigenvalue weighted by Gasteiger charge is 2.13. The number of amides is 1. The minimum Gasteiger partial charge on any atom is -0.355 e. The van der Waals surface area contributed by atoms with Crippen LogP contribution in [0.25, 0.3) is 10.6 Å². The average molecular weight is 293 g/mol. The third-order valence-corrected chi connectivity index (χ3v) is 4.00. The first-order valence-electron chi connectivity index (χ1n) is 6.75. The number of carbonyl (C=O) groups is 1. The van der Waals surface area contributed by atoms with Crippen molar-refractivity contribution < 1.29 is 9.32 Å². The minimum absolute atomic E-state index is 0.191. The van der Waals surface area contributed by atoms with Gasteiger partial charge in [0.1, 0.15) is 0 Å². The molecule has 6 heteroatoms. The highest BCUT2D eigenvalue weighted by Crippen LogP contribution is 2.24. The van der Waals surface area contributed by atoms with E-state index in [1.165, 1.54) is 0 Å². The number of carbonyl (C=O) groups excluding carboxylic acids is 1. The summed E-state index contributed by atoms with van der Waals surface area (Å²) in [7, 11) is 0. The fourth-order valence-corrected chi connectivity index (χ4v) is 2.55.